The first kappa shape index (κ1) is 10.8. The van der Waals surface area contributed by atoms with Crippen LogP contribution in [-0.2, 0) is 9.63 Å². The van der Waals surface area contributed by atoms with Gasteiger partial charge in [0.05, 0.1) is 0 Å². The lowest BCUT2D eigenvalue weighted by atomic mass is 9.48. The molecule has 0 radical (unpaired) electrons. The van der Waals surface area contributed by atoms with E-state index in [1.165, 1.54) is 38.5 Å². The van der Waals surface area contributed by atoms with Crippen LogP contribution in [0.1, 0.15) is 44.9 Å². The molecule has 0 aromatic heterocycles. The van der Waals surface area contributed by atoms with Gasteiger partial charge in [-0.15, -0.1) is 0 Å². The molecule has 1 aliphatic heterocycles. The average Bonchev–Trinajstić information content (AvgIpc) is 2.76. The van der Waals surface area contributed by atoms with E-state index in [-0.39, 0.29) is 17.2 Å². The Morgan fingerprint density at radius 1 is 1.17 bits per heavy atom. The predicted octanol–water partition coefficient (Wildman–Crippen LogP) is 2.43. The second-order valence-electron chi connectivity index (χ2n) is 6.92. The molecule has 4 heteroatoms. The zero-order chi connectivity index (χ0) is 12.3. The van der Waals surface area contributed by atoms with Gasteiger partial charge in [-0.2, -0.15) is 0 Å². The Bertz CT molecular complexity index is 393. The van der Waals surface area contributed by atoms with Crippen molar-refractivity contribution in [2.45, 2.75) is 51.0 Å². The standard InChI is InChI=1S/C14H19NO3/c16-13(17)11-4-12(18-15-11)14-5-8-1-9(6-14)3-10(2-8)7-14/h8-10,12H,1-7H2,(H,16,17). The van der Waals surface area contributed by atoms with Gasteiger partial charge in [-0.1, -0.05) is 5.16 Å². The van der Waals surface area contributed by atoms with Crippen molar-refractivity contribution in [3.05, 3.63) is 0 Å². The third-order valence-electron chi connectivity index (χ3n) is 5.68. The molecular weight excluding hydrogens is 230 g/mol. The van der Waals surface area contributed by atoms with Gasteiger partial charge >= 0.3 is 5.97 Å². The number of nitrogens with zero attached hydrogens (tertiary/aromatic N) is 1. The molecule has 4 aliphatic carbocycles. The van der Waals surface area contributed by atoms with Crippen molar-refractivity contribution in [1.29, 1.82) is 0 Å². The van der Waals surface area contributed by atoms with Gasteiger partial charge in [0, 0.05) is 11.8 Å². The maximum atomic E-state index is 11.0. The maximum absolute atomic E-state index is 11.0. The largest absolute Gasteiger partial charge is 0.477 e. The Kier molecular flexibility index (Phi) is 2.10. The second kappa shape index (κ2) is 3.49. The number of rotatable bonds is 2. The number of oxime groups is 1. The fraction of sp³-hybridized carbons (Fsp3) is 0.857. The molecule has 4 fully saturated rings. The third kappa shape index (κ3) is 1.44. The van der Waals surface area contributed by atoms with Crippen LogP contribution in [0, 0.1) is 23.2 Å². The lowest BCUT2D eigenvalue weighted by Gasteiger charge is -2.58. The first-order valence-electron chi connectivity index (χ1n) is 7.10. The van der Waals surface area contributed by atoms with E-state index >= 15 is 0 Å². The molecule has 1 N–H and O–H groups in total. The summed E-state index contributed by atoms with van der Waals surface area (Å²) in [6, 6.07) is 0. The summed E-state index contributed by atoms with van der Waals surface area (Å²) in [4.78, 5) is 16.5. The topological polar surface area (TPSA) is 58.9 Å². The summed E-state index contributed by atoms with van der Waals surface area (Å²) in [5.41, 5.74) is 0.464. The van der Waals surface area contributed by atoms with E-state index in [1.807, 2.05) is 0 Å². The van der Waals surface area contributed by atoms with Gasteiger partial charge < -0.3 is 9.94 Å². The molecule has 18 heavy (non-hydrogen) atoms. The zero-order valence-electron chi connectivity index (χ0n) is 10.5. The fourth-order valence-corrected chi connectivity index (χ4v) is 5.40. The summed E-state index contributed by atoms with van der Waals surface area (Å²) >= 11 is 0. The smallest absolute Gasteiger partial charge is 0.353 e. The Morgan fingerprint density at radius 3 is 2.17 bits per heavy atom. The van der Waals surface area contributed by atoms with E-state index in [0.717, 1.165) is 17.8 Å². The Labute approximate surface area is 106 Å². The van der Waals surface area contributed by atoms with E-state index in [2.05, 4.69) is 5.16 Å². The number of hydrogen-bond donors (Lipinski definition) is 1. The van der Waals surface area contributed by atoms with Crippen LogP contribution in [0.3, 0.4) is 0 Å². The summed E-state index contributed by atoms with van der Waals surface area (Å²) in [6.45, 7) is 0. The molecule has 0 spiro atoms. The molecule has 1 atom stereocenters. The van der Waals surface area contributed by atoms with E-state index in [4.69, 9.17) is 9.94 Å². The van der Waals surface area contributed by atoms with Gasteiger partial charge in [0.2, 0.25) is 0 Å². The highest BCUT2D eigenvalue weighted by Gasteiger charge is 2.56. The van der Waals surface area contributed by atoms with Gasteiger partial charge in [0.1, 0.15) is 6.10 Å². The molecule has 5 rings (SSSR count). The Hall–Kier alpha value is -1.06. The van der Waals surface area contributed by atoms with Crippen LogP contribution >= 0.6 is 0 Å². The number of carbonyl (C=O) groups is 1. The van der Waals surface area contributed by atoms with Crippen LogP contribution in [0.15, 0.2) is 5.16 Å². The van der Waals surface area contributed by atoms with Crippen molar-refractivity contribution in [3.63, 3.8) is 0 Å². The number of carboxylic acid groups (broad SMARTS) is 1. The average molecular weight is 249 g/mol. The SMILES string of the molecule is O=C(O)C1=NOC(C23CC4CC(CC(C4)C2)C3)C1. The summed E-state index contributed by atoms with van der Waals surface area (Å²) in [6.07, 6.45) is 8.48. The first-order valence-corrected chi connectivity index (χ1v) is 7.10. The zero-order valence-corrected chi connectivity index (χ0v) is 10.5. The second-order valence-corrected chi connectivity index (χ2v) is 6.92. The molecule has 0 saturated heterocycles. The van der Waals surface area contributed by atoms with Crippen LogP contribution in [0.5, 0.6) is 0 Å². The van der Waals surface area contributed by atoms with Gasteiger partial charge in [0.25, 0.3) is 0 Å². The highest BCUT2D eigenvalue weighted by molar-refractivity contribution is 6.35. The van der Waals surface area contributed by atoms with Gasteiger partial charge in [-0.05, 0) is 56.3 Å². The minimum absolute atomic E-state index is 0.0389. The van der Waals surface area contributed by atoms with Crippen molar-refractivity contribution >= 4 is 11.7 Å². The summed E-state index contributed by atoms with van der Waals surface area (Å²) in [5.74, 6) is 1.69. The van der Waals surface area contributed by atoms with E-state index in [0.29, 0.717) is 6.42 Å². The van der Waals surface area contributed by atoms with Gasteiger partial charge in [0.15, 0.2) is 5.71 Å². The lowest BCUT2D eigenvalue weighted by molar-refractivity contribution is -0.132. The summed E-state index contributed by atoms with van der Waals surface area (Å²) in [7, 11) is 0. The minimum Gasteiger partial charge on any atom is -0.477 e. The molecule has 1 heterocycles. The van der Waals surface area contributed by atoms with Crippen molar-refractivity contribution in [1.82, 2.24) is 0 Å². The minimum atomic E-state index is -0.915. The third-order valence-corrected chi connectivity index (χ3v) is 5.68. The summed E-state index contributed by atoms with van der Waals surface area (Å²) < 4.78 is 0. The van der Waals surface area contributed by atoms with Crippen LogP contribution in [0.4, 0.5) is 0 Å². The molecule has 1 unspecified atom stereocenters. The number of aliphatic carboxylic acids is 1. The van der Waals surface area contributed by atoms with Crippen LogP contribution in [0.25, 0.3) is 0 Å². The van der Waals surface area contributed by atoms with Crippen molar-refractivity contribution in [2.75, 3.05) is 0 Å². The van der Waals surface area contributed by atoms with Gasteiger partial charge in [-0.25, -0.2) is 4.79 Å². The van der Waals surface area contributed by atoms with E-state index < -0.39 is 5.97 Å². The lowest BCUT2D eigenvalue weighted by Crippen LogP contribution is -2.51. The fourth-order valence-electron chi connectivity index (χ4n) is 5.40. The Morgan fingerprint density at radius 2 is 1.72 bits per heavy atom. The van der Waals surface area contributed by atoms with Crippen molar-refractivity contribution in [3.8, 4) is 0 Å². The molecule has 0 amide bonds. The Balaban J connectivity index is 1.57. The number of carboxylic acids is 1. The first-order chi connectivity index (χ1) is 8.64. The molecule has 4 saturated carbocycles. The molecule has 0 aromatic carbocycles. The monoisotopic (exact) mass is 249 g/mol. The highest BCUT2D eigenvalue weighted by atomic mass is 16.6. The quantitative estimate of drug-likeness (QED) is 0.817. The molecule has 4 bridgehead atoms. The normalized spacial score (nSPS) is 49.0. The molecule has 0 aromatic rings. The van der Waals surface area contributed by atoms with Crippen LogP contribution in [-0.4, -0.2) is 22.9 Å². The number of hydrogen-bond acceptors (Lipinski definition) is 3. The summed E-state index contributed by atoms with van der Waals surface area (Å²) in [5, 5.41) is 12.8. The molecule has 4 nitrogen and oxygen atoms in total. The van der Waals surface area contributed by atoms with Gasteiger partial charge in [-0.3, -0.25) is 0 Å². The van der Waals surface area contributed by atoms with E-state index in [9.17, 15) is 4.79 Å². The molecule has 98 valence electrons. The maximum Gasteiger partial charge on any atom is 0.353 e. The highest BCUT2D eigenvalue weighted by Crippen LogP contribution is 2.62. The molecular formula is C14H19NO3. The van der Waals surface area contributed by atoms with Crippen LogP contribution in [0.2, 0.25) is 0 Å². The van der Waals surface area contributed by atoms with Crippen molar-refractivity contribution < 1.29 is 14.7 Å². The van der Waals surface area contributed by atoms with Crippen molar-refractivity contribution in [2.24, 2.45) is 28.3 Å². The molecule has 5 aliphatic rings. The van der Waals surface area contributed by atoms with E-state index in [1.54, 1.807) is 0 Å². The predicted molar refractivity (Wildman–Crippen MR) is 65.2 cm³/mol. The van der Waals surface area contributed by atoms with Crippen LogP contribution < -0.4 is 0 Å².